The van der Waals surface area contributed by atoms with Crippen LogP contribution in [0.25, 0.3) is 0 Å². The van der Waals surface area contributed by atoms with Gasteiger partial charge in [0, 0.05) is 30.9 Å². The first kappa shape index (κ1) is 21.3. The SMILES string of the molecule is C=C1CCN(Cc2ccccc2)CCc2ccc(F)cc2C(=O)N1.C=CC=C. The summed E-state index contributed by atoms with van der Waals surface area (Å²) in [5, 5.41) is 2.79. The zero-order valence-corrected chi connectivity index (χ0v) is 16.2. The standard InChI is InChI=1S/C20H21FN2O.C4H6/c1-15-9-11-23(14-16-5-3-2-4-6-16)12-10-17-7-8-18(21)13-19(17)20(24)22-15;1-3-4-2/h2-8,13H,1,9-12,14H2,(H,22,24);3-4H,1-2H2. The number of nitrogens with one attached hydrogen (secondary N) is 1. The summed E-state index contributed by atoms with van der Waals surface area (Å²) in [6, 6.07) is 14.7. The highest BCUT2D eigenvalue weighted by Crippen LogP contribution is 2.16. The number of carbonyl (C=O) groups is 1. The third kappa shape index (κ3) is 6.63. The molecule has 0 bridgehead atoms. The van der Waals surface area contributed by atoms with Gasteiger partial charge in [0.25, 0.3) is 5.91 Å². The summed E-state index contributed by atoms with van der Waals surface area (Å²) in [4.78, 5) is 14.6. The van der Waals surface area contributed by atoms with Crippen LogP contribution in [0.1, 0.15) is 27.9 Å². The number of benzene rings is 2. The third-order valence-electron chi connectivity index (χ3n) is 4.45. The van der Waals surface area contributed by atoms with E-state index in [2.05, 4.69) is 42.1 Å². The summed E-state index contributed by atoms with van der Waals surface area (Å²) in [7, 11) is 0. The second kappa shape index (κ2) is 11.0. The fourth-order valence-electron chi connectivity index (χ4n) is 2.95. The molecular weight excluding hydrogens is 351 g/mol. The number of nitrogens with zero attached hydrogens (tertiary/aromatic N) is 1. The van der Waals surface area contributed by atoms with E-state index in [9.17, 15) is 9.18 Å². The highest BCUT2D eigenvalue weighted by Gasteiger charge is 2.17. The van der Waals surface area contributed by atoms with Crippen LogP contribution >= 0.6 is 0 Å². The van der Waals surface area contributed by atoms with Crippen molar-refractivity contribution < 1.29 is 9.18 Å². The number of hydrogen-bond donors (Lipinski definition) is 1. The van der Waals surface area contributed by atoms with Gasteiger partial charge in [0.1, 0.15) is 5.82 Å². The normalized spacial score (nSPS) is 14.8. The maximum atomic E-state index is 13.5. The van der Waals surface area contributed by atoms with Crippen LogP contribution in [-0.2, 0) is 13.0 Å². The van der Waals surface area contributed by atoms with Gasteiger partial charge >= 0.3 is 0 Å². The minimum absolute atomic E-state index is 0.272. The lowest BCUT2D eigenvalue weighted by Gasteiger charge is -2.25. The molecule has 1 N–H and O–H groups in total. The number of amides is 1. The van der Waals surface area contributed by atoms with Gasteiger partial charge < -0.3 is 5.32 Å². The highest BCUT2D eigenvalue weighted by atomic mass is 19.1. The summed E-state index contributed by atoms with van der Waals surface area (Å²) in [6.07, 6.45) is 4.67. The summed E-state index contributed by atoms with van der Waals surface area (Å²) < 4.78 is 13.5. The summed E-state index contributed by atoms with van der Waals surface area (Å²) >= 11 is 0. The summed E-state index contributed by atoms with van der Waals surface area (Å²) in [6.45, 7) is 13.1. The molecule has 0 saturated heterocycles. The Morgan fingerprint density at radius 2 is 1.71 bits per heavy atom. The fourth-order valence-corrected chi connectivity index (χ4v) is 2.95. The van der Waals surface area contributed by atoms with Crippen LogP contribution in [-0.4, -0.2) is 23.9 Å². The Hall–Kier alpha value is -2.98. The maximum Gasteiger partial charge on any atom is 0.255 e. The molecule has 1 heterocycles. The Balaban J connectivity index is 0.000000640. The van der Waals surface area contributed by atoms with Gasteiger partial charge in [-0.3, -0.25) is 9.69 Å². The van der Waals surface area contributed by atoms with Crippen molar-refractivity contribution in [1.29, 1.82) is 0 Å². The molecule has 0 fully saturated rings. The lowest BCUT2D eigenvalue weighted by atomic mass is 10.0. The van der Waals surface area contributed by atoms with E-state index >= 15 is 0 Å². The Kier molecular flexibility index (Phi) is 8.37. The van der Waals surface area contributed by atoms with Gasteiger partial charge in [-0.1, -0.05) is 68.3 Å². The first-order chi connectivity index (χ1) is 13.5. The van der Waals surface area contributed by atoms with Gasteiger partial charge in [-0.05, 0) is 36.1 Å². The Morgan fingerprint density at radius 3 is 2.39 bits per heavy atom. The smallest absolute Gasteiger partial charge is 0.255 e. The Morgan fingerprint density at radius 1 is 1.04 bits per heavy atom. The largest absolute Gasteiger partial charge is 0.326 e. The number of carbonyl (C=O) groups excluding carboxylic acids is 1. The van der Waals surface area contributed by atoms with Crippen molar-refractivity contribution >= 4 is 5.91 Å². The topological polar surface area (TPSA) is 32.3 Å². The molecule has 28 heavy (non-hydrogen) atoms. The molecule has 0 unspecified atom stereocenters. The molecule has 1 aliphatic rings. The van der Waals surface area contributed by atoms with Crippen molar-refractivity contribution in [2.24, 2.45) is 0 Å². The van der Waals surface area contributed by atoms with E-state index in [0.717, 1.165) is 25.2 Å². The van der Waals surface area contributed by atoms with Crippen LogP contribution in [0.2, 0.25) is 0 Å². The van der Waals surface area contributed by atoms with Crippen LogP contribution in [0.3, 0.4) is 0 Å². The molecule has 146 valence electrons. The molecular formula is C24H27FN2O. The van der Waals surface area contributed by atoms with Crippen molar-refractivity contribution in [3.8, 4) is 0 Å². The number of hydrogen-bond acceptors (Lipinski definition) is 2. The second-order valence-electron chi connectivity index (χ2n) is 6.59. The van der Waals surface area contributed by atoms with Crippen LogP contribution in [0.15, 0.2) is 86.1 Å². The molecule has 2 aromatic carbocycles. The molecule has 0 radical (unpaired) electrons. The summed E-state index contributed by atoms with van der Waals surface area (Å²) in [5.41, 5.74) is 3.18. The zero-order valence-electron chi connectivity index (χ0n) is 16.2. The summed E-state index contributed by atoms with van der Waals surface area (Å²) in [5.74, 6) is -0.668. The molecule has 3 rings (SSSR count). The molecule has 1 aliphatic heterocycles. The number of rotatable bonds is 3. The maximum absolute atomic E-state index is 13.5. The van der Waals surface area contributed by atoms with Crippen molar-refractivity contribution in [1.82, 2.24) is 10.2 Å². The van der Waals surface area contributed by atoms with E-state index in [1.807, 2.05) is 18.2 Å². The van der Waals surface area contributed by atoms with Gasteiger partial charge in [0.2, 0.25) is 0 Å². The van der Waals surface area contributed by atoms with E-state index in [1.54, 1.807) is 18.2 Å². The zero-order chi connectivity index (χ0) is 20.4. The second-order valence-corrected chi connectivity index (χ2v) is 6.59. The predicted molar refractivity (Wildman–Crippen MR) is 113 cm³/mol. The molecule has 3 nitrogen and oxygen atoms in total. The monoisotopic (exact) mass is 378 g/mol. The lowest BCUT2D eigenvalue weighted by Crippen LogP contribution is -2.32. The Labute approximate surface area is 166 Å². The highest BCUT2D eigenvalue weighted by molar-refractivity contribution is 5.96. The average molecular weight is 378 g/mol. The van der Waals surface area contributed by atoms with E-state index in [1.165, 1.54) is 17.7 Å². The molecule has 0 spiro atoms. The molecule has 0 aromatic heterocycles. The van der Waals surface area contributed by atoms with Gasteiger partial charge in [-0.25, -0.2) is 4.39 Å². The molecule has 4 heteroatoms. The van der Waals surface area contributed by atoms with Crippen LogP contribution in [0.5, 0.6) is 0 Å². The first-order valence-corrected chi connectivity index (χ1v) is 9.30. The minimum Gasteiger partial charge on any atom is -0.326 e. The van der Waals surface area contributed by atoms with E-state index in [-0.39, 0.29) is 5.91 Å². The first-order valence-electron chi connectivity index (χ1n) is 9.30. The van der Waals surface area contributed by atoms with Crippen LogP contribution in [0.4, 0.5) is 4.39 Å². The van der Waals surface area contributed by atoms with Gasteiger partial charge in [0.05, 0.1) is 0 Å². The van der Waals surface area contributed by atoms with Gasteiger partial charge in [0.15, 0.2) is 0 Å². The van der Waals surface area contributed by atoms with Gasteiger partial charge in [-0.2, -0.15) is 0 Å². The molecule has 2 aromatic rings. The average Bonchev–Trinajstić information content (AvgIpc) is 2.71. The molecule has 0 saturated carbocycles. The van der Waals surface area contributed by atoms with E-state index < -0.39 is 5.82 Å². The quantitative estimate of drug-likeness (QED) is 0.773. The number of fused-ring (bicyclic) bond motifs is 1. The van der Waals surface area contributed by atoms with Gasteiger partial charge in [-0.15, -0.1) is 0 Å². The number of halogens is 1. The van der Waals surface area contributed by atoms with Crippen LogP contribution < -0.4 is 5.32 Å². The Bertz CT molecular complexity index is 824. The van der Waals surface area contributed by atoms with Crippen molar-refractivity contribution in [2.45, 2.75) is 19.4 Å². The third-order valence-corrected chi connectivity index (χ3v) is 4.45. The lowest BCUT2D eigenvalue weighted by molar-refractivity contribution is 0.0961. The van der Waals surface area contributed by atoms with Crippen molar-refractivity contribution in [3.05, 3.63) is 109 Å². The number of allylic oxidation sites excluding steroid dienone is 2. The molecule has 1 amide bonds. The fraction of sp³-hybridized carbons (Fsp3) is 0.208. The molecule has 0 atom stereocenters. The minimum atomic E-state index is -0.396. The van der Waals surface area contributed by atoms with Crippen molar-refractivity contribution in [2.75, 3.05) is 13.1 Å². The van der Waals surface area contributed by atoms with E-state index in [0.29, 0.717) is 24.1 Å². The predicted octanol–water partition coefficient (Wildman–Crippen LogP) is 4.88. The van der Waals surface area contributed by atoms with Crippen molar-refractivity contribution in [3.63, 3.8) is 0 Å². The molecule has 0 aliphatic carbocycles. The van der Waals surface area contributed by atoms with E-state index in [4.69, 9.17) is 0 Å². The van der Waals surface area contributed by atoms with Crippen LogP contribution in [0, 0.1) is 5.82 Å².